The van der Waals surface area contributed by atoms with E-state index in [0.717, 1.165) is 31.4 Å². The number of piperidine rings is 1. The van der Waals surface area contributed by atoms with Crippen LogP contribution in [0.15, 0.2) is 53.7 Å². The molecule has 2 aromatic heterocycles. The molecular weight excluding hydrogens is 426 g/mol. The molecule has 0 radical (unpaired) electrons. The molecule has 1 unspecified atom stereocenters. The van der Waals surface area contributed by atoms with Crippen molar-refractivity contribution in [2.45, 2.75) is 43.7 Å². The van der Waals surface area contributed by atoms with Crippen molar-refractivity contribution in [3.63, 3.8) is 0 Å². The van der Waals surface area contributed by atoms with E-state index in [1.165, 1.54) is 0 Å². The number of carbonyl (C=O) groups excluding carboxylic acids is 1. The highest BCUT2D eigenvalue weighted by molar-refractivity contribution is 7.89. The average Bonchev–Trinajstić information content (AvgIpc) is 3.45. The molecule has 0 bridgehead atoms. The number of nitrogens with one attached hydrogen (secondary N) is 2. The molecular formula is C23H27N5O3S. The third-order valence-corrected chi connectivity index (χ3v) is 7.65. The van der Waals surface area contributed by atoms with Gasteiger partial charge in [-0.25, -0.2) is 8.42 Å². The van der Waals surface area contributed by atoms with E-state index >= 15 is 0 Å². The maximum absolute atomic E-state index is 13.3. The first-order chi connectivity index (χ1) is 15.4. The minimum atomic E-state index is -3.91. The van der Waals surface area contributed by atoms with Crippen molar-refractivity contribution in [1.29, 1.82) is 5.26 Å². The summed E-state index contributed by atoms with van der Waals surface area (Å²) < 4.78 is 30.9. The molecule has 32 heavy (non-hydrogen) atoms. The van der Waals surface area contributed by atoms with Crippen molar-refractivity contribution in [2.75, 3.05) is 13.1 Å². The summed E-state index contributed by atoms with van der Waals surface area (Å²) in [5, 5.41) is 10.1. The Labute approximate surface area is 187 Å². The number of rotatable bonds is 7. The fraction of sp³-hybridized carbons (Fsp3) is 0.391. The molecule has 4 rings (SSSR count). The van der Waals surface area contributed by atoms with Crippen LogP contribution >= 0.6 is 0 Å². The molecule has 1 aliphatic rings. The molecule has 168 valence electrons. The molecule has 9 heteroatoms. The maximum Gasteiger partial charge on any atom is 0.242 e. The lowest BCUT2D eigenvalue weighted by Gasteiger charge is -2.31. The number of benzene rings is 1. The quantitative estimate of drug-likeness (QED) is 0.571. The first-order valence-corrected chi connectivity index (χ1v) is 12.3. The van der Waals surface area contributed by atoms with Crippen molar-refractivity contribution in [2.24, 2.45) is 5.92 Å². The van der Waals surface area contributed by atoms with Gasteiger partial charge in [-0.15, -0.1) is 0 Å². The van der Waals surface area contributed by atoms with Gasteiger partial charge < -0.3 is 14.5 Å². The molecule has 1 aromatic carbocycles. The smallest absolute Gasteiger partial charge is 0.242 e. The van der Waals surface area contributed by atoms with E-state index < -0.39 is 16.2 Å². The first kappa shape index (κ1) is 22.1. The number of aromatic amines is 1. The molecule has 0 saturated carbocycles. The van der Waals surface area contributed by atoms with Gasteiger partial charge in [0.2, 0.25) is 15.9 Å². The van der Waals surface area contributed by atoms with Gasteiger partial charge in [0.15, 0.2) is 0 Å². The zero-order valence-corrected chi connectivity index (χ0v) is 18.8. The number of hydrogen-bond acceptors (Lipinski definition) is 4. The van der Waals surface area contributed by atoms with Gasteiger partial charge >= 0.3 is 0 Å². The minimum absolute atomic E-state index is 0.0134. The van der Waals surface area contributed by atoms with Crippen LogP contribution in [-0.4, -0.2) is 41.9 Å². The lowest BCUT2D eigenvalue weighted by Crippen LogP contribution is -2.39. The topological polar surface area (TPSA) is 111 Å². The van der Waals surface area contributed by atoms with E-state index in [2.05, 4.69) is 22.7 Å². The van der Waals surface area contributed by atoms with Crippen LogP contribution in [0.4, 0.5) is 0 Å². The third kappa shape index (κ3) is 4.56. The van der Waals surface area contributed by atoms with Crippen LogP contribution in [0.2, 0.25) is 0 Å². The minimum Gasteiger partial charge on any atom is -0.361 e. The van der Waals surface area contributed by atoms with Gasteiger partial charge in [-0.3, -0.25) is 4.79 Å². The summed E-state index contributed by atoms with van der Waals surface area (Å²) in [6, 6.07) is 12.2. The number of likely N-dealkylation sites (tertiary alicyclic amines) is 1. The summed E-state index contributed by atoms with van der Waals surface area (Å²) in [5.74, 6) is 0.632. The van der Waals surface area contributed by atoms with Crippen molar-refractivity contribution in [1.82, 2.24) is 19.2 Å². The average molecular weight is 454 g/mol. The number of nitriles is 1. The van der Waals surface area contributed by atoms with E-state index in [1.807, 2.05) is 11.0 Å². The number of nitrogens with zero attached hydrogens (tertiary/aromatic N) is 3. The van der Waals surface area contributed by atoms with Crippen molar-refractivity contribution >= 4 is 26.8 Å². The number of sulfonamides is 1. The van der Waals surface area contributed by atoms with Gasteiger partial charge in [0.25, 0.3) is 0 Å². The number of H-pyrrole nitrogens is 1. The molecule has 0 aliphatic carbocycles. The van der Waals surface area contributed by atoms with E-state index in [1.54, 1.807) is 47.3 Å². The summed E-state index contributed by atoms with van der Waals surface area (Å²) in [7, 11) is -3.91. The Morgan fingerprint density at radius 1 is 1.25 bits per heavy atom. The summed E-state index contributed by atoms with van der Waals surface area (Å²) in [6.45, 7) is 3.66. The van der Waals surface area contributed by atoms with Gasteiger partial charge in [0, 0.05) is 42.8 Å². The SMILES string of the molecule is CC1CCN(C(=O)CCC(NS(=O)(=O)c2cccc3[nH]ccc23)n2cccc2C#N)CC1. The predicted octanol–water partition coefficient (Wildman–Crippen LogP) is 3.36. The number of hydrogen-bond donors (Lipinski definition) is 2. The van der Waals surface area contributed by atoms with Crippen LogP contribution in [-0.2, 0) is 14.8 Å². The summed E-state index contributed by atoms with van der Waals surface area (Å²) in [5.41, 5.74) is 1.05. The van der Waals surface area contributed by atoms with Crippen LogP contribution in [0.5, 0.6) is 0 Å². The summed E-state index contributed by atoms with van der Waals surface area (Å²) in [4.78, 5) is 17.8. The number of carbonyl (C=O) groups is 1. The second-order valence-electron chi connectivity index (χ2n) is 8.35. The fourth-order valence-corrected chi connectivity index (χ4v) is 5.67. The van der Waals surface area contributed by atoms with E-state index in [9.17, 15) is 18.5 Å². The predicted molar refractivity (Wildman–Crippen MR) is 121 cm³/mol. The number of amides is 1. The third-order valence-electron chi connectivity index (χ3n) is 6.13. The number of aromatic nitrogens is 2. The highest BCUT2D eigenvalue weighted by Crippen LogP contribution is 2.25. The Morgan fingerprint density at radius 3 is 2.78 bits per heavy atom. The lowest BCUT2D eigenvalue weighted by molar-refractivity contribution is -0.132. The summed E-state index contributed by atoms with van der Waals surface area (Å²) >= 11 is 0. The first-order valence-electron chi connectivity index (χ1n) is 10.8. The Balaban J connectivity index is 1.57. The van der Waals surface area contributed by atoms with Crippen LogP contribution in [0.3, 0.4) is 0 Å². The molecule has 2 N–H and O–H groups in total. The zero-order chi connectivity index (χ0) is 22.7. The van der Waals surface area contributed by atoms with E-state index in [0.29, 0.717) is 17.0 Å². The highest BCUT2D eigenvalue weighted by Gasteiger charge is 2.26. The Kier molecular flexibility index (Phi) is 6.35. The Bertz CT molecular complexity index is 1250. The molecule has 1 amide bonds. The largest absolute Gasteiger partial charge is 0.361 e. The van der Waals surface area contributed by atoms with E-state index in [-0.39, 0.29) is 23.6 Å². The number of fused-ring (bicyclic) bond motifs is 1. The van der Waals surface area contributed by atoms with Gasteiger partial charge in [-0.1, -0.05) is 13.0 Å². The molecule has 3 aromatic rings. The molecule has 1 fully saturated rings. The van der Waals surface area contributed by atoms with Crippen LogP contribution in [0.1, 0.15) is 44.5 Å². The monoisotopic (exact) mass is 453 g/mol. The van der Waals surface area contributed by atoms with Gasteiger partial charge in [0.05, 0.1) is 11.1 Å². The second-order valence-corrected chi connectivity index (χ2v) is 10.0. The lowest BCUT2D eigenvalue weighted by atomic mass is 9.99. The van der Waals surface area contributed by atoms with Crippen LogP contribution < -0.4 is 4.72 Å². The molecule has 1 atom stereocenters. The fourth-order valence-electron chi connectivity index (χ4n) is 4.22. The second kappa shape index (κ2) is 9.18. The Morgan fingerprint density at radius 2 is 2.03 bits per heavy atom. The standard InChI is InChI=1S/C23H27N5O3S/c1-17-10-14-27(15-11-17)23(29)8-7-22(28-13-3-4-18(28)16-24)26-32(30,31)21-6-2-5-20-19(21)9-12-25-20/h2-6,9,12-13,17,22,25-26H,7-8,10-11,14-15H2,1H3. The van der Waals surface area contributed by atoms with Gasteiger partial charge in [0.1, 0.15) is 11.8 Å². The molecule has 3 heterocycles. The van der Waals surface area contributed by atoms with E-state index in [4.69, 9.17) is 0 Å². The zero-order valence-electron chi connectivity index (χ0n) is 18.0. The van der Waals surface area contributed by atoms with Crippen molar-refractivity contribution in [3.05, 3.63) is 54.5 Å². The van der Waals surface area contributed by atoms with Gasteiger partial charge in [-0.05, 0) is 55.5 Å². The molecule has 1 saturated heterocycles. The molecule has 0 spiro atoms. The molecule has 8 nitrogen and oxygen atoms in total. The van der Waals surface area contributed by atoms with Gasteiger partial charge in [-0.2, -0.15) is 9.98 Å². The maximum atomic E-state index is 13.3. The van der Waals surface area contributed by atoms with Crippen molar-refractivity contribution < 1.29 is 13.2 Å². The Hall–Kier alpha value is -3.09. The summed E-state index contributed by atoms with van der Waals surface area (Å²) in [6.07, 6.45) is 5.01. The normalized spacial score (nSPS) is 16.2. The van der Waals surface area contributed by atoms with Crippen molar-refractivity contribution in [3.8, 4) is 6.07 Å². The highest BCUT2D eigenvalue weighted by atomic mass is 32.2. The van der Waals surface area contributed by atoms with Crippen LogP contribution in [0, 0.1) is 17.2 Å². The molecule has 1 aliphatic heterocycles. The van der Waals surface area contributed by atoms with Crippen LogP contribution in [0.25, 0.3) is 10.9 Å².